The molecule has 2 aromatic rings. The zero-order valence-electron chi connectivity index (χ0n) is 8.60. The van der Waals surface area contributed by atoms with E-state index in [2.05, 4.69) is 15.4 Å². The molecule has 0 bridgehead atoms. The number of aromatic nitrogens is 3. The third-order valence-electron chi connectivity index (χ3n) is 2.03. The molecule has 0 aliphatic heterocycles. The van der Waals surface area contributed by atoms with Gasteiger partial charge in [0.15, 0.2) is 0 Å². The molecule has 0 atom stereocenters. The van der Waals surface area contributed by atoms with Crippen LogP contribution in [0.25, 0.3) is 0 Å². The number of pyridine rings is 1. The Morgan fingerprint density at radius 2 is 2.25 bits per heavy atom. The second kappa shape index (κ2) is 4.61. The van der Waals surface area contributed by atoms with Crippen LogP contribution >= 0.6 is 0 Å². The normalized spacial score (nSPS) is 10.3. The molecule has 0 amide bonds. The summed E-state index contributed by atoms with van der Waals surface area (Å²) in [6.07, 6.45) is 4.52. The van der Waals surface area contributed by atoms with Gasteiger partial charge in [-0.05, 0) is 12.1 Å². The standard InChI is InChI=1S/C10H12FN5/c11-8-1-2-10(14-5-8)13-3-4-16-7-9(12)6-15-16/h1-2,5-7H,3-4,12H2,(H,13,14). The van der Waals surface area contributed by atoms with Gasteiger partial charge in [-0.2, -0.15) is 5.10 Å². The van der Waals surface area contributed by atoms with Gasteiger partial charge >= 0.3 is 0 Å². The van der Waals surface area contributed by atoms with Crippen LogP contribution in [-0.2, 0) is 6.54 Å². The number of hydrogen-bond acceptors (Lipinski definition) is 4. The van der Waals surface area contributed by atoms with Crippen LogP contribution in [0.3, 0.4) is 0 Å². The number of halogens is 1. The fraction of sp³-hybridized carbons (Fsp3) is 0.200. The highest BCUT2D eigenvalue weighted by molar-refractivity contribution is 5.33. The summed E-state index contributed by atoms with van der Waals surface area (Å²) in [7, 11) is 0. The summed E-state index contributed by atoms with van der Waals surface area (Å²) in [6.45, 7) is 1.33. The molecule has 5 nitrogen and oxygen atoms in total. The number of nitrogens with two attached hydrogens (primary N) is 1. The fourth-order valence-electron chi connectivity index (χ4n) is 1.28. The third kappa shape index (κ3) is 2.69. The molecule has 0 aliphatic rings. The number of nitrogens with zero attached hydrogens (tertiary/aromatic N) is 3. The van der Waals surface area contributed by atoms with Crippen LogP contribution in [0.1, 0.15) is 0 Å². The second-order valence-corrected chi connectivity index (χ2v) is 3.33. The van der Waals surface area contributed by atoms with Crippen LogP contribution in [0, 0.1) is 5.82 Å². The predicted octanol–water partition coefficient (Wildman–Crippen LogP) is 1.11. The molecule has 6 heteroatoms. The first-order valence-electron chi connectivity index (χ1n) is 4.87. The molecule has 0 fully saturated rings. The average molecular weight is 221 g/mol. The van der Waals surface area contributed by atoms with E-state index in [9.17, 15) is 4.39 Å². The molecule has 0 aliphatic carbocycles. The minimum Gasteiger partial charge on any atom is -0.396 e. The highest BCUT2D eigenvalue weighted by Gasteiger charge is 1.96. The average Bonchev–Trinajstić information content (AvgIpc) is 2.67. The van der Waals surface area contributed by atoms with Gasteiger partial charge in [-0.15, -0.1) is 0 Å². The first-order valence-corrected chi connectivity index (χ1v) is 4.87. The molecule has 2 heterocycles. The van der Waals surface area contributed by atoms with Gasteiger partial charge in [0.05, 0.1) is 24.6 Å². The first-order chi connectivity index (χ1) is 7.74. The van der Waals surface area contributed by atoms with Gasteiger partial charge in [0, 0.05) is 12.7 Å². The molecular formula is C10H12FN5. The van der Waals surface area contributed by atoms with Crippen molar-refractivity contribution < 1.29 is 4.39 Å². The molecule has 0 saturated heterocycles. The van der Waals surface area contributed by atoms with Crippen molar-refractivity contribution in [1.29, 1.82) is 0 Å². The SMILES string of the molecule is Nc1cnn(CCNc2ccc(F)cn2)c1. The van der Waals surface area contributed by atoms with Crippen molar-refractivity contribution in [1.82, 2.24) is 14.8 Å². The molecule has 0 aromatic carbocycles. The molecule has 2 rings (SSSR count). The monoisotopic (exact) mass is 221 g/mol. The Balaban J connectivity index is 1.82. The molecule has 3 N–H and O–H groups in total. The Morgan fingerprint density at radius 1 is 1.38 bits per heavy atom. The highest BCUT2D eigenvalue weighted by atomic mass is 19.1. The van der Waals surface area contributed by atoms with Crippen LogP contribution in [0.5, 0.6) is 0 Å². The summed E-state index contributed by atoms with van der Waals surface area (Å²) in [5.74, 6) is 0.298. The Morgan fingerprint density at radius 3 is 2.88 bits per heavy atom. The van der Waals surface area contributed by atoms with Crippen molar-refractivity contribution in [2.45, 2.75) is 6.54 Å². The van der Waals surface area contributed by atoms with E-state index < -0.39 is 0 Å². The van der Waals surface area contributed by atoms with Gasteiger partial charge in [0.25, 0.3) is 0 Å². The maximum atomic E-state index is 12.6. The molecule has 0 radical (unpaired) electrons. The molecular weight excluding hydrogens is 209 g/mol. The Hall–Kier alpha value is -2.11. The highest BCUT2D eigenvalue weighted by Crippen LogP contribution is 2.03. The Labute approximate surface area is 92.1 Å². The van der Waals surface area contributed by atoms with E-state index in [-0.39, 0.29) is 5.82 Å². The van der Waals surface area contributed by atoms with Crippen LogP contribution in [0.2, 0.25) is 0 Å². The largest absolute Gasteiger partial charge is 0.396 e. The van der Waals surface area contributed by atoms with Crippen molar-refractivity contribution in [3.8, 4) is 0 Å². The van der Waals surface area contributed by atoms with E-state index >= 15 is 0 Å². The molecule has 0 unspecified atom stereocenters. The van der Waals surface area contributed by atoms with Crippen molar-refractivity contribution in [3.05, 3.63) is 36.5 Å². The zero-order chi connectivity index (χ0) is 11.4. The maximum Gasteiger partial charge on any atom is 0.141 e. The van der Waals surface area contributed by atoms with E-state index in [1.165, 1.54) is 12.3 Å². The van der Waals surface area contributed by atoms with E-state index in [4.69, 9.17) is 5.73 Å². The van der Waals surface area contributed by atoms with E-state index in [1.807, 2.05) is 0 Å². The van der Waals surface area contributed by atoms with Gasteiger partial charge in [-0.25, -0.2) is 9.37 Å². The minimum absolute atomic E-state index is 0.342. The fourth-order valence-corrected chi connectivity index (χ4v) is 1.28. The van der Waals surface area contributed by atoms with E-state index in [0.29, 0.717) is 24.6 Å². The summed E-state index contributed by atoms with van der Waals surface area (Å²) in [4.78, 5) is 3.87. The van der Waals surface area contributed by atoms with Crippen LogP contribution in [0.15, 0.2) is 30.7 Å². The van der Waals surface area contributed by atoms with E-state index in [0.717, 1.165) is 0 Å². The maximum absolute atomic E-state index is 12.6. The summed E-state index contributed by atoms with van der Waals surface area (Å²) in [5, 5.41) is 7.08. The van der Waals surface area contributed by atoms with Gasteiger partial charge in [-0.3, -0.25) is 4.68 Å². The molecule has 16 heavy (non-hydrogen) atoms. The van der Waals surface area contributed by atoms with Crippen molar-refractivity contribution in [2.24, 2.45) is 0 Å². The number of nitrogen functional groups attached to an aromatic ring is 1. The molecule has 2 aromatic heterocycles. The van der Waals surface area contributed by atoms with Gasteiger partial charge in [0.1, 0.15) is 11.6 Å². The third-order valence-corrected chi connectivity index (χ3v) is 2.03. The van der Waals surface area contributed by atoms with Crippen LogP contribution in [-0.4, -0.2) is 21.3 Å². The summed E-state index contributed by atoms with van der Waals surface area (Å²) < 4.78 is 14.3. The summed E-state index contributed by atoms with van der Waals surface area (Å²) in [6, 6.07) is 2.95. The predicted molar refractivity (Wildman–Crippen MR) is 59.3 cm³/mol. The van der Waals surface area contributed by atoms with Gasteiger partial charge in [-0.1, -0.05) is 0 Å². The Kier molecular flexibility index (Phi) is 3.00. The van der Waals surface area contributed by atoms with Gasteiger partial charge < -0.3 is 11.1 Å². The number of nitrogens with one attached hydrogen (secondary N) is 1. The van der Waals surface area contributed by atoms with Crippen LogP contribution < -0.4 is 11.1 Å². The molecule has 0 spiro atoms. The number of anilines is 2. The van der Waals surface area contributed by atoms with Crippen molar-refractivity contribution >= 4 is 11.5 Å². The number of rotatable bonds is 4. The van der Waals surface area contributed by atoms with Crippen LogP contribution in [0.4, 0.5) is 15.9 Å². The summed E-state index contributed by atoms with van der Waals surface area (Å²) in [5.41, 5.74) is 6.16. The zero-order valence-corrected chi connectivity index (χ0v) is 8.60. The van der Waals surface area contributed by atoms with Gasteiger partial charge in [0.2, 0.25) is 0 Å². The second-order valence-electron chi connectivity index (χ2n) is 3.33. The lowest BCUT2D eigenvalue weighted by atomic mass is 10.4. The lowest BCUT2D eigenvalue weighted by Crippen LogP contribution is -2.11. The summed E-state index contributed by atoms with van der Waals surface area (Å²) >= 11 is 0. The lowest BCUT2D eigenvalue weighted by molar-refractivity contribution is 0.620. The molecule has 0 saturated carbocycles. The number of hydrogen-bond donors (Lipinski definition) is 2. The molecule has 84 valence electrons. The smallest absolute Gasteiger partial charge is 0.141 e. The topological polar surface area (TPSA) is 68.8 Å². The van der Waals surface area contributed by atoms with E-state index in [1.54, 1.807) is 23.1 Å². The quantitative estimate of drug-likeness (QED) is 0.811. The minimum atomic E-state index is -0.342. The lowest BCUT2D eigenvalue weighted by Gasteiger charge is -2.04. The van der Waals surface area contributed by atoms with Crippen molar-refractivity contribution in [2.75, 3.05) is 17.6 Å². The first kappa shape index (κ1) is 10.4. The van der Waals surface area contributed by atoms with Crippen molar-refractivity contribution in [3.63, 3.8) is 0 Å². The Bertz CT molecular complexity index is 450.